The molecule has 2 heterocycles. The number of ether oxygens (including phenoxy) is 1. The molecule has 0 amide bonds. The lowest BCUT2D eigenvalue weighted by molar-refractivity contribution is -0.144. The van der Waals surface area contributed by atoms with Crippen LogP contribution in [0.4, 0.5) is 0 Å². The van der Waals surface area contributed by atoms with E-state index in [9.17, 15) is 4.79 Å². The molecule has 1 aromatic heterocycles. The van der Waals surface area contributed by atoms with Crippen LogP contribution in [0, 0.1) is 0 Å². The number of carbonyl (C=O) groups excluding carboxylic acids is 1. The second-order valence-electron chi connectivity index (χ2n) is 3.53. The van der Waals surface area contributed by atoms with Crippen LogP contribution in [0.1, 0.15) is 18.2 Å². The molecular weight excluding hydrogens is 194 g/mol. The number of nitrogens with zero attached hydrogens (tertiary/aromatic N) is 2. The lowest BCUT2D eigenvalue weighted by atomic mass is 10.1. The predicted molar refractivity (Wildman–Crippen MR) is 54.3 cm³/mol. The smallest absolute Gasteiger partial charge is 0.327 e. The van der Waals surface area contributed by atoms with Crippen molar-refractivity contribution in [1.82, 2.24) is 15.1 Å². The predicted octanol–water partition coefficient (Wildman–Crippen LogP) is 0.0919. The molecule has 5 nitrogen and oxygen atoms in total. The van der Waals surface area contributed by atoms with Gasteiger partial charge in [-0.25, -0.2) is 0 Å². The molecule has 0 fully saturated rings. The van der Waals surface area contributed by atoms with Crippen molar-refractivity contribution in [3.8, 4) is 0 Å². The molecule has 1 aromatic rings. The van der Waals surface area contributed by atoms with E-state index < -0.39 is 0 Å². The summed E-state index contributed by atoms with van der Waals surface area (Å²) in [5, 5.41) is 7.57. The molecule has 0 aliphatic carbocycles. The van der Waals surface area contributed by atoms with Crippen LogP contribution < -0.4 is 5.32 Å². The summed E-state index contributed by atoms with van der Waals surface area (Å²) < 4.78 is 6.52. The van der Waals surface area contributed by atoms with Gasteiger partial charge in [0, 0.05) is 12.7 Å². The summed E-state index contributed by atoms with van der Waals surface area (Å²) in [7, 11) is 0. The summed E-state index contributed by atoms with van der Waals surface area (Å²) >= 11 is 0. The van der Waals surface area contributed by atoms with Gasteiger partial charge in [0.15, 0.2) is 0 Å². The van der Waals surface area contributed by atoms with Crippen LogP contribution in [0.25, 0.3) is 0 Å². The summed E-state index contributed by atoms with van der Waals surface area (Å²) in [6.07, 6.45) is 2.92. The highest BCUT2D eigenvalue weighted by Gasteiger charge is 2.14. The van der Waals surface area contributed by atoms with Gasteiger partial charge in [0.25, 0.3) is 0 Å². The molecule has 1 aliphatic heterocycles. The maximum atomic E-state index is 11.2. The number of carbonyl (C=O) groups is 1. The van der Waals surface area contributed by atoms with E-state index in [0.717, 1.165) is 25.2 Å². The van der Waals surface area contributed by atoms with Crippen molar-refractivity contribution in [2.45, 2.75) is 26.4 Å². The molecule has 0 atom stereocenters. The highest BCUT2D eigenvalue weighted by molar-refractivity contribution is 5.69. The van der Waals surface area contributed by atoms with Gasteiger partial charge in [0.1, 0.15) is 6.54 Å². The zero-order valence-electron chi connectivity index (χ0n) is 8.82. The quantitative estimate of drug-likeness (QED) is 0.717. The van der Waals surface area contributed by atoms with Gasteiger partial charge in [-0.2, -0.15) is 5.10 Å². The van der Waals surface area contributed by atoms with E-state index >= 15 is 0 Å². The summed E-state index contributed by atoms with van der Waals surface area (Å²) in [6, 6.07) is 0. The van der Waals surface area contributed by atoms with E-state index in [1.54, 1.807) is 11.6 Å². The van der Waals surface area contributed by atoms with Crippen LogP contribution >= 0.6 is 0 Å². The minimum Gasteiger partial charge on any atom is -0.465 e. The molecule has 5 heteroatoms. The molecule has 0 saturated carbocycles. The normalized spacial score (nSPS) is 14.7. The fourth-order valence-corrected chi connectivity index (χ4v) is 1.71. The Morgan fingerprint density at radius 3 is 3.33 bits per heavy atom. The molecule has 82 valence electrons. The third-order valence-corrected chi connectivity index (χ3v) is 2.38. The molecule has 15 heavy (non-hydrogen) atoms. The Kier molecular flexibility index (Phi) is 3.01. The summed E-state index contributed by atoms with van der Waals surface area (Å²) in [4.78, 5) is 11.2. The van der Waals surface area contributed by atoms with Gasteiger partial charge < -0.3 is 10.1 Å². The Morgan fingerprint density at radius 2 is 2.60 bits per heavy atom. The average Bonchev–Trinajstić information content (AvgIpc) is 2.59. The Balaban J connectivity index is 2.03. The van der Waals surface area contributed by atoms with Gasteiger partial charge in [-0.3, -0.25) is 9.48 Å². The topological polar surface area (TPSA) is 56.2 Å². The zero-order valence-corrected chi connectivity index (χ0v) is 8.82. The van der Waals surface area contributed by atoms with E-state index in [0.29, 0.717) is 6.61 Å². The molecule has 0 unspecified atom stereocenters. The van der Waals surface area contributed by atoms with E-state index in [4.69, 9.17) is 4.74 Å². The van der Waals surface area contributed by atoms with Crippen molar-refractivity contribution in [2.24, 2.45) is 0 Å². The molecule has 1 aliphatic rings. The fourth-order valence-electron chi connectivity index (χ4n) is 1.71. The van der Waals surface area contributed by atoms with Crippen molar-refractivity contribution in [3.63, 3.8) is 0 Å². The summed E-state index contributed by atoms with van der Waals surface area (Å²) in [6.45, 7) is 4.21. The zero-order chi connectivity index (χ0) is 10.7. The second kappa shape index (κ2) is 4.44. The Morgan fingerprint density at radius 1 is 1.73 bits per heavy atom. The van der Waals surface area contributed by atoms with Crippen LogP contribution in [-0.4, -0.2) is 28.9 Å². The fraction of sp³-hybridized carbons (Fsp3) is 0.600. The molecule has 1 N–H and O–H groups in total. The maximum absolute atomic E-state index is 11.2. The molecule has 0 aromatic carbocycles. The molecule has 0 saturated heterocycles. The van der Waals surface area contributed by atoms with Crippen molar-refractivity contribution in [1.29, 1.82) is 0 Å². The number of hydrogen-bond acceptors (Lipinski definition) is 4. The third kappa shape index (κ3) is 2.36. The van der Waals surface area contributed by atoms with Gasteiger partial charge in [-0.05, 0) is 25.5 Å². The first-order valence-corrected chi connectivity index (χ1v) is 5.21. The number of hydrogen-bond donors (Lipinski definition) is 1. The number of nitrogens with one attached hydrogen (secondary N) is 1. The van der Waals surface area contributed by atoms with Gasteiger partial charge in [0.2, 0.25) is 0 Å². The van der Waals surface area contributed by atoms with E-state index in [1.807, 2.05) is 6.20 Å². The van der Waals surface area contributed by atoms with E-state index in [1.165, 1.54) is 5.56 Å². The number of esters is 1. The SMILES string of the molecule is CCOC(=O)Cn1cc2c(n1)CNCC2. The molecule has 0 radical (unpaired) electrons. The van der Waals surface area contributed by atoms with E-state index in [2.05, 4.69) is 10.4 Å². The highest BCUT2D eigenvalue weighted by atomic mass is 16.5. The first-order valence-electron chi connectivity index (χ1n) is 5.21. The minimum absolute atomic E-state index is 0.209. The van der Waals surface area contributed by atoms with Crippen LogP contribution in [-0.2, 0) is 29.0 Å². The molecular formula is C10H15N3O2. The maximum Gasteiger partial charge on any atom is 0.327 e. The standard InChI is InChI=1S/C10H15N3O2/c1-2-15-10(14)7-13-6-8-3-4-11-5-9(8)12-13/h6,11H,2-5,7H2,1H3. The monoisotopic (exact) mass is 209 g/mol. The number of rotatable bonds is 3. The first-order chi connectivity index (χ1) is 7.29. The average molecular weight is 209 g/mol. The van der Waals surface area contributed by atoms with Crippen LogP contribution in [0.15, 0.2) is 6.20 Å². The Bertz CT molecular complexity index is 336. The third-order valence-electron chi connectivity index (χ3n) is 2.38. The molecule has 0 spiro atoms. The largest absolute Gasteiger partial charge is 0.465 e. The summed E-state index contributed by atoms with van der Waals surface area (Å²) in [5.41, 5.74) is 2.28. The van der Waals surface area contributed by atoms with Gasteiger partial charge >= 0.3 is 5.97 Å². The Labute approximate surface area is 88.4 Å². The first kappa shape index (κ1) is 10.2. The number of aromatic nitrogens is 2. The van der Waals surface area contributed by atoms with Crippen molar-refractivity contribution in [3.05, 3.63) is 17.5 Å². The minimum atomic E-state index is -0.231. The van der Waals surface area contributed by atoms with Crippen molar-refractivity contribution in [2.75, 3.05) is 13.2 Å². The lowest BCUT2D eigenvalue weighted by Gasteiger charge is -2.09. The van der Waals surface area contributed by atoms with Crippen LogP contribution in [0.3, 0.4) is 0 Å². The molecule has 0 bridgehead atoms. The Hall–Kier alpha value is -1.36. The second-order valence-corrected chi connectivity index (χ2v) is 3.53. The van der Waals surface area contributed by atoms with Crippen LogP contribution in [0.2, 0.25) is 0 Å². The van der Waals surface area contributed by atoms with Gasteiger partial charge in [-0.1, -0.05) is 0 Å². The van der Waals surface area contributed by atoms with Crippen molar-refractivity contribution < 1.29 is 9.53 Å². The number of fused-ring (bicyclic) bond motifs is 1. The van der Waals surface area contributed by atoms with E-state index in [-0.39, 0.29) is 12.5 Å². The molecule has 2 rings (SSSR count). The summed E-state index contributed by atoms with van der Waals surface area (Å²) in [5.74, 6) is -0.231. The van der Waals surface area contributed by atoms with Crippen LogP contribution in [0.5, 0.6) is 0 Å². The highest BCUT2D eigenvalue weighted by Crippen LogP contribution is 2.11. The lowest BCUT2D eigenvalue weighted by Crippen LogP contribution is -2.23. The van der Waals surface area contributed by atoms with Gasteiger partial charge in [0.05, 0.1) is 12.3 Å². The van der Waals surface area contributed by atoms with Crippen molar-refractivity contribution >= 4 is 5.97 Å². The van der Waals surface area contributed by atoms with Gasteiger partial charge in [-0.15, -0.1) is 0 Å².